The SMILES string of the molecule is O=C1CN(Cc2c(F)cccc2F)C(=O)CN1. The molecule has 17 heavy (non-hydrogen) atoms. The zero-order chi connectivity index (χ0) is 12.4. The van der Waals surface area contributed by atoms with Gasteiger partial charge in [-0.1, -0.05) is 6.07 Å². The zero-order valence-corrected chi connectivity index (χ0v) is 8.87. The molecule has 0 unspecified atom stereocenters. The molecule has 1 heterocycles. The van der Waals surface area contributed by atoms with Crippen molar-refractivity contribution in [2.24, 2.45) is 0 Å². The molecule has 4 nitrogen and oxygen atoms in total. The standard InChI is InChI=1S/C11H10F2N2O2/c12-8-2-1-3-9(13)7(8)5-15-6-10(16)14-4-11(15)17/h1-3H,4-6H2,(H,14,16). The van der Waals surface area contributed by atoms with Crippen LogP contribution in [-0.4, -0.2) is 29.8 Å². The highest BCUT2D eigenvalue weighted by molar-refractivity contribution is 5.92. The van der Waals surface area contributed by atoms with Crippen LogP contribution in [0, 0.1) is 11.6 Å². The molecule has 6 heteroatoms. The normalized spacial score (nSPS) is 16.0. The fraction of sp³-hybridized carbons (Fsp3) is 0.273. The van der Waals surface area contributed by atoms with Crippen LogP contribution in [0.5, 0.6) is 0 Å². The summed E-state index contributed by atoms with van der Waals surface area (Å²) in [5.41, 5.74) is -0.199. The van der Waals surface area contributed by atoms with E-state index in [-0.39, 0.29) is 37.0 Å². The molecule has 1 saturated heterocycles. The van der Waals surface area contributed by atoms with Gasteiger partial charge in [0, 0.05) is 5.56 Å². The van der Waals surface area contributed by atoms with E-state index in [0.29, 0.717) is 0 Å². The fourth-order valence-electron chi connectivity index (χ4n) is 1.62. The van der Waals surface area contributed by atoms with Crippen molar-refractivity contribution in [2.45, 2.75) is 6.54 Å². The quantitative estimate of drug-likeness (QED) is 0.814. The Balaban J connectivity index is 2.20. The van der Waals surface area contributed by atoms with Gasteiger partial charge in [0.05, 0.1) is 19.6 Å². The van der Waals surface area contributed by atoms with Gasteiger partial charge in [-0.3, -0.25) is 9.59 Å². The first-order chi connectivity index (χ1) is 8.08. The second-order valence-corrected chi connectivity index (χ2v) is 3.73. The smallest absolute Gasteiger partial charge is 0.242 e. The van der Waals surface area contributed by atoms with Crippen LogP contribution in [0.1, 0.15) is 5.56 Å². The summed E-state index contributed by atoms with van der Waals surface area (Å²) in [6.07, 6.45) is 0. The maximum Gasteiger partial charge on any atom is 0.242 e. The molecule has 1 aliphatic rings. The fourth-order valence-corrected chi connectivity index (χ4v) is 1.62. The molecule has 1 aromatic carbocycles. The van der Waals surface area contributed by atoms with Gasteiger partial charge in [0.25, 0.3) is 0 Å². The van der Waals surface area contributed by atoms with Crippen molar-refractivity contribution >= 4 is 11.8 Å². The van der Waals surface area contributed by atoms with Crippen LogP contribution in [0.3, 0.4) is 0 Å². The highest BCUT2D eigenvalue weighted by Gasteiger charge is 2.24. The number of benzene rings is 1. The van der Waals surface area contributed by atoms with Gasteiger partial charge in [-0.25, -0.2) is 8.78 Å². The highest BCUT2D eigenvalue weighted by atomic mass is 19.1. The largest absolute Gasteiger partial charge is 0.345 e. The van der Waals surface area contributed by atoms with Crippen LogP contribution in [0.25, 0.3) is 0 Å². The van der Waals surface area contributed by atoms with Crippen LogP contribution < -0.4 is 5.32 Å². The third kappa shape index (κ3) is 2.41. The van der Waals surface area contributed by atoms with Crippen molar-refractivity contribution in [1.29, 1.82) is 0 Å². The number of piperazine rings is 1. The summed E-state index contributed by atoms with van der Waals surface area (Å²) in [5, 5.41) is 2.36. The number of nitrogens with zero attached hydrogens (tertiary/aromatic N) is 1. The molecular weight excluding hydrogens is 230 g/mol. The number of hydrogen-bond acceptors (Lipinski definition) is 2. The van der Waals surface area contributed by atoms with E-state index in [9.17, 15) is 18.4 Å². The maximum atomic E-state index is 13.4. The van der Waals surface area contributed by atoms with Gasteiger partial charge in [-0.05, 0) is 12.1 Å². The van der Waals surface area contributed by atoms with E-state index in [1.165, 1.54) is 6.07 Å². The number of rotatable bonds is 2. The average molecular weight is 240 g/mol. The van der Waals surface area contributed by atoms with Crippen molar-refractivity contribution in [3.8, 4) is 0 Å². The summed E-state index contributed by atoms with van der Waals surface area (Å²) in [5.74, 6) is -2.12. The number of amides is 2. The van der Waals surface area contributed by atoms with E-state index in [2.05, 4.69) is 5.32 Å². The van der Waals surface area contributed by atoms with Crippen molar-refractivity contribution in [2.75, 3.05) is 13.1 Å². The third-order valence-electron chi connectivity index (χ3n) is 2.53. The summed E-state index contributed by atoms with van der Waals surface area (Å²) in [4.78, 5) is 23.6. The molecule has 0 radical (unpaired) electrons. The first-order valence-electron chi connectivity index (χ1n) is 5.05. The molecule has 0 aliphatic carbocycles. The zero-order valence-electron chi connectivity index (χ0n) is 8.87. The Morgan fingerprint density at radius 3 is 2.53 bits per heavy atom. The van der Waals surface area contributed by atoms with E-state index < -0.39 is 11.6 Å². The second-order valence-electron chi connectivity index (χ2n) is 3.73. The maximum absolute atomic E-state index is 13.4. The van der Waals surface area contributed by atoms with E-state index in [1.807, 2.05) is 0 Å². The Bertz CT molecular complexity index is 456. The molecule has 1 N–H and O–H groups in total. The van der Waals surface area contributed by atoms with Crippen LogP contribution in [-0.2, 0) is 16.1 Å². The molecule has 1 fully saturated rings. The topological polar surface area (TPSA) is 49.4 Å². The van der Waals surface area contributed by atoms with Gasteiger partial charge in [0.1, 0.15) is 11.6 Å². The lowest BCUT2D eigenvalue weighted by atomic mass is 10.1. The Morgan fingerprint density at radius 2 is 1.88 bits per heavy atom. The van der Waals surface area contributed by atoms with Gasteiger partial charge >= 0.3 is 0 Å². The van der Waals surface area contributed by atoms with Crippen LogP contribution in [0.15, 0.2) is 18.2 Å². The number of halogens is 2. The molecular formula is C11H10F2N2O2. The number of hydrogen-bond donors (Lipinski definition) is 1. The van der Waals surface area contributed by atoms with Crippen LogP contribution in [0.4, 0.5) is 8.78 Å². The predicted octanol–water partition coefficient (Wildman–Crippen LogP) is 0.423. The van der Waals surface area contributed by atoms with Crippen LogP contribution in [0.2, 0.25) is 0 Å². The first-order valence-corrected chi connectivity index (χ1v) is 5.05. The van der Waals surface area contributed by atoms with Gasteiger partial charge < -0.3 is 10.2 Å². The van der Waals surface area contributed by atoms with Gasteiger partial charge in [-0.15, -0.1) is 0 Å². The Morgan fingerprint density at radius 1 is 1.24 bits per heavy atom. The van der Waals surface area contributed by atoms with E-state index in [4.69, 9.17) is 0 Å². The summed E-state index contributed by atoms with van der Waals surface area (Å²) in [6.45, 7) is -0.535. The van der Waals surface area contributed by atoms with Crippen molar-refractivity contribution in [3.63, 3.8) is 0 Å². The minimum Gasteiger partial charge on any atom is -0.345 e. The molecule has 0 atom stereocenters. The summed E-state index contributed by atoms with van der Waals surface area (Å²) in [7, 11) is 0. The number of carbonyl (C=O) groups is 2. The molecule has 0 aromatic heterocycles. The van der Waals surface area contributed by atoms with Crippen molar-refractivity contribution in [1.82, 2.24) is 10.2 Å². The molecule has 90 valence electrons. The van der Waals surface area contributed by atoms with E-state index in [0.717, 1.165) is 17.0 Å². The predicted molar refractivity (Wildman–Crippen MR) is 54.8 cm³/mol. The molecule has 1 aromatic rings. The van der Waals surface area contributed by atoms with Crippen molar-refractivity contribution < 1.29 is 18.4 Å². The molecule has 0 saturated carbocycles. The molecule has 1 aliphatic heterocycles. The second kappa shape index (κ2) is 4.48. The monoisotopic (exact) mass is 240 g/mol. The average Bonchev–Trinajstić information content (AvgIpc) is 2.28. The summed E-state index contributed by atoms with van der Waals surface area (Å²) < 4.78 is 26.7. The molecule has 2 amide bonds. The van der Waals surface area contributed by atoms with Gasteiger partial charge in [-0.2, -0.15) is 0 Å². The van der Waals surface area contributed by atoms with Gasteiger partial charge in [0.2, 0.25) is 11.8 Å². The lowest BCUT2D eigenvalue weighted by molar-refractivity contribution is -0.141. The Labute approximate surface area is 96.2 Å². The lowest BCUT2D eigenvalue weighted by Crippen LogP contribution is -2.51. The number of carbonyl (C=O) groups excluding carboxylic acids is 2. The Hall–Kier alpha value is -1.98. The highest BCUT2D eigenvalue weighted by Crippen LogP contribution is 2.15. The van der Waals surface area contributed by atoms with E-state index in [1.54, 1.807) is 0 Å². The molecule has 2 rings (SSSR count). The summed E-state index contributed by atoms with van der Waals surface area (Å²) in [6, 6.07) is 3.48. The lowest BCUT2D eigenvalue weighted by Gasteiger charge is -2.26. The number of nitrogens with one attached hydrogen (secondary N) is 1. The van der Waals surface area contributed by atoms with Crippen LogP contribution >= 0.6 is 0 Å². The van der Waals surface area contributed by atoms with Crippen molar-refractivity contribution in [3.05, 3.63) is 35.4 Å². The molecule has 0 bridgehead atoms. The van der Waals surface area contributed by atoms with E-state index >= 15 is 0 Å². The van der Waals surface area contributed by atoms with Gasteiger partial charge in [0.15, 0.2) is 0 Å². The minimum atomic E-state index is -0.719. The third-order valence-corrected chi connectivity index (χ3v) is 2.53. The Kier molecular flexibility index (Phi) is 3.03. The minimum absolute atomic E-state index is 0.130. The molecule has 0 spiro atoms. The first kappa shape index (κ1) is 11.5. The summed E-state index contributed by atoms with van der Waals surface area (Å²) >= 11 is 0.